The van der Waals surface area contributed by atoms with Crippen LogP contribution in [0.4, 0.5) is 0 Å². The third-order valence-electron chi connectivity index (χ3n) is 6.07. The van der Waals surface area contributed by atoms with Crippen LogP contribution in [-0.4, -0.2) is 65.5 Å². The van der Waals surface area contributed by atoms with Crippen LogP contribution < -0.4 is 10.1 Å². The predicted octanol–water partition coefficient (Wildman–Crippen LogP) is 2.73. The highest BCUT2D eigenvalue weighted by Crippen LogP contribution is 2.41. The zero-order valence-electron chi connectivity index (χ0n) is 17.1. The van der Waals surface area contributed by atoms with Gasteiger partial charge in [0.15, 0.2) is 0 Å². The number of ether oxygens (including phenoxy) is 1. The third-order valence-corrected chi connectivity index (χ3v) is 6.07. The lowest BCUT2D eigenvalue weighted by atomic mass is 10.0. The molecule has 1 aliphatic carbocycles. The van der Waals surface area contributed by atoms with Crippen molar-refractivity contribution in [3.63, 3.8) is 0 Å². The van der Waals surface area contributed by atoms with Crippen LogP contribution in [0.5, 0.6) is 5.75 Å². The fourth-order valence-electron chi connectivity index (χ4n) is 4.27. The van der Waals surface area contributed by atoms with E-state index in [4.69, 9.17) is 9.84 Å². The first-order chi connectivity index (χ1) is 14.6. The van der Waals surface area contributed by atoms with E-state index in [0.29, 0.717) is 30.3 Å². The molecule has 2 aliphatic rings. The fourth-order valence-corrected chi connectivity index (χ4v) is 4.27. The van der Waals surface area contributed by atoms with E-state index < -0.39 is 12.1 Å². The highest BCUT2D eigenvalue weighted by atomic mass is 16.5. The Morgan fingerprint density at radius 3 is 2.47 bits per heavy atom. The molecule has 2 fully saturated rings. The molecule has 4 rings (SSSR count). The Hall–Kier alpha value is -2.41. The van der Waals surface area contributed by atoms with E-state index in [1.165, 1.54) is 24.1 Å². The Labute approximate surface area is 177 Å². The van der Waals surface area contributed by atoms with Crippen molar-refractivity contribution in [3.05, 3.63) is 65.7 Å². The van der Waals surface area contributed by atoms with Crippen molar-refractivity contribution in [3.8, 4) is 5.75 Å². The van der Waals surface area contributed by atoms with Gasteiger partial charge in [0.25, 0.3) is 0 Å². The van der Waals surface area contributed by atoms with Gasteiger partial charge in [0.1, 0.15) is 18.5 Å². The molecule has 1 aliphatic heterocycles. The molecule has 3 N–H and O–H groups in total. The summed E-state index contributed by atoms with van der Waals surface area (Å²) >= 11 is 0. The second kappa shape index (κ2) is 9.60. The number of hydrogen-bond acceptors (Lipinski definition) is 5. The lowest BCUT2D eigenvalue weighted by Crippen LogP contribution is -2.46. The summed E-state index contributed by atoms with van der Waals surface area (Å²) in [7, 11) is 0. The second-order valence-electron chi connectivity index (χ2n) is 8.40. The van der Waals surface area contributed by atoms with Gasteiger partial charge >= 0.3 is 5.97 Å². The maximum Gasteiger partial charge on any atom is 0.335 e. The second-order valence-corrected chi connectivity index (χ2v) is 8.40. The highest BCUT2D eigenvalue weighted by molar-refractivity contribution is 5.87. The standard InChI is InChI=1S/C24H30N2O4/c27-20(16-30-21-8-6-18(7-9-21)24(28)29)15-26-12-10-19(11-13-26)25-23-14-22(23)17-4-2-1-3-5-17/h1-9,19-20,22-23,25,27H,10-16H2,(H,28,29)/t20?,22-,23+/m0/s1. The van der Waals surface area contributed by atoms with Crippen molar-refractivity contribution < 1.29 is 19.7 Å². The molecule has 1 heterocycles. The van der Waals surface area contributed by atoms with Gasteiger partial charge in [0, 0.05) is 24.5 Å². The quantitative estimate of drug-likeness (QED) is 0.590. The van der Waals surface area contributed by atoms with Crippen molar-refractivity contribution in [2.75, 3.05) is 26.2 Å². The number of nitrogens with zero attached hydrogens (tertiary/aromatic N) is 1. The van der Waals surface area contributed by atoms with Crippen LogP contribution in [0, 0.1) is 0 Å². The van der Waals surface area contributed by atoms with Gasteiger partial charge < -0.3 is 25.2 Å². The summed E-state index contributed by atoms with van der Waals surface area (Å²) in [5.41, 5.74) is 1.66. The van der Waals surface area contributed by atoms with Crippen molar-refractivity contribution in [2.24, 2.45) is 0 Å². The van der Waals surface area contributed by atoms with E-state index in [1.54, 1.807) is 12.1 Å². The van der Waals surface area contributed by atoms with Crippen LogP contribution in [0.1, 0.15) is 41.1 Å². The summed E-state index contributed by atoms with van der Waals surface area (Å²) < 4.78 is 5.60. The first-order valence-electron chi connectivity index (χ1n) is 10.8. The number of carboxylic acids is 1. The van der Waals surface area contributed by atoms with E-state index in [0.717, 1.165) is 25.9 Å². The van der Waals surface area contributed by atoms with Crippen molar-refractivity contribution in [2.45, 2.75) is 43.4 Å². The number of benzene rings is 2. The molecule has 1 saturated carbocycles. The number of β-amino-alcohol motifs (C(OH)–C–C–N with tert-alkyl or cyclic N) is 1. The summed E-state index contributed by atoms with van der Waals surface area (Å²) in [4.78, 5) is 13.2. The molecule has 3 atom stereocenters. The lowest BCUT2D eigenvalue weighted by Gasteiger charge is -2.33. The Morgan fingerprint density at radius 2 is 1.80 bits per heavy atom. The largest absolute Gasteiger partial charge is 0.491 e. The summed E-state index contributed by atoms with van der Waals surface area (Å²) in [6, 6.07) is 18.1. The van der Waals surface area contributed by atoms with E-state index in [9.17, 15) is 9.90 Å². The molecule has 0 radical (unpaired) electrons. The van der Waals surface area contributed by atoms with Gasteiger partial charge in [-0.1, -0.05) is 30.3 Å². The maximum absolute atomic E-state index is 10.9. The smallest absolute Gasteiger partial charge is 0.335 e. The number of carbonyl (C=O) groups is 1. The van der Waals surface area contributed by atoms with Gasteiger partial charge in [-0.25, -0.2) is 4.79 Å². The molecule has 1 saturated heterocycles. The molecule has 0 aromatic heterocycles. The number of aliphatic hydroxyl groups excluding tert-OH is 1. The van der Waals surface area contributed by atoms with E-state index in [1.807, 2.05) is 0 Å². The molecule has 30 heavy (non-hydrogen) atoms. The molecule has 2 aromatic rings. The number of likely N-dealkylation sites (tertiary alicyclic amines) is 1. The molecule has 0 spiro atoms. The number of rotatable bonds is 9. The van der Waals surface area contributed by atoms with Gasteiger partial charge in [0.2, 0.25) is 0 Å². The number of aliphatic hydroxyl groups is 1. The molecule has 6 heteroatoms. The van der Waals surface area contributed by atoms with Crippen LogP contribution in [0.3, 0.4) is 0 Å². The van der Waals surface area contributed by atoms with Crippen LogP contribution in [0.25, 0.3) is 0 Å². The number of hydrogen-bond donors (Lipinski definition) is 3. The van der Waals surface area contributed by atoms with Gasteiger partial charge in [-0.15, -0.1) is 0 Å². The summed E-state index contributed by atoms with van der Waals surface area (Å²) in [5.74, 6) is 0.267. The minimum Gasteiger partial charge on any atom is -0.491 e. The molecule has 2 aromatic carbocycles. The van der Waals surface area contributed by atoms with E-state index >= 15 is 0 Å². The van der Waals surface area contributed by atoms with Crippen molar-refractivity contribution >= 4 is 5.97 Å². The Morgan fingerprint density at radius 1 is 1.10 bits per heavy atom. The van der Waals surface area contributed by atoms with Gasteiger partial charge in [-0.2, -0.15) is 0 Å². The topological polar surface area (TPSA) is 82.0 Å². The molecule has 160 valence electrons. The number of nitrogens with one attached hydrogen (secondary N) is 1. The van der Waals surface area contributed by atoms with E-state index in [2.05, 4.69) is 40.5 Å². The third kappa shape index (κ3) is 5.59. The zero-order valence-corrected chi connectivity index (χ0v) is 17.1. The minimum absolute atomic E-state index is 0.200. The van der Waals surface area contributed by atoms with Gasteiger partial charge in [-0.3, -0.25) is 0 Å². The predicted molar refractivity (Wildman–Crippen MR) is 115 cm³/mol. The molecular weight excluding hydrogens is 380 g/mol. The SMILES string of the molecule is O=C(O)c1ccc(OCC(O)CN2CCC(N[C@@H]3C[C@H]3c3ccccc3)CC2)cc1. The van der Waals surface area contributed by atoms with Gasteiger partial charge in [0.05, 0.1) is 5.56 Å². The monoisotopic (exact) mass is 410 g/mol. The van der Waals surface area contributed by atoms with Crippen molar-refractivity contribution in [1.82, 2.24) is 10.2 Å². The summed E-state index contributed by atoms with van der Waals surface area (Å²) in [5, 5.41) is 23.1. The number of aromatic carboxylic acids is 1. The number of piperidine rings is 1. The van der Waals surface area contributed by atoms with Crippen LogP contribution in [-0.2, 0) is 0 Å². The molecule has 0 amide bonds. The van der Waals surface area contributed by atoms with Crippen LogP contribution in [0.15, 0.2) is 54.6 Å². The average molecular weight is 411 g/mol. The van der Waals surface area contributed by atoms with Crippen LogP contribution in [0.2, 0.25) is 0 Å². The lowest BCUT2D eigenvalue weighted by molar-refractivity contribution is 0.0577. The molecular formula is C24H30N2O4. The minimum atomic E-state index is -0.961. The van der Waals surface area contributed by atoms with Crippen LogP contribution >= 0.6 is 0 Å². The first-order valence-corrected chi connectivity index (χ1v) is 10.8. The maximum atomic E-state index is 10.9. The highest BCUT2D eigenvalue weighted by Gasteiger charge is 2.39. The Bertz CT molecular complexity index is 819. The van der Waals surface area contributed by atoms with E-state index in [-0.39, 0.29) is 12.2 Å². The Balaban J connectivity index is 1.13. The number of carboxylic acid groups (broad SMARTS) is 1. The van der Waals surface area contributed by atoms with Gasteiger partial charge in [-0.05, 0) is 62.2 Å². The Kier molecular flexibility index (Phi) is 6.67. The normalized spacial score (nSPS) is 23.1. The average Bonchev–Trinajstić information content (AvgIpc) is 3.54. The summed E-state index contributed by atoms with van der Waals surface area (Å²) in [6.45, 7) is 2.75. The first kappa shape index (κ1) is 20.8. The molecule has 6 nitrogen and oxygen atoms in total. The molecule has 1 unspecified atom stereocenters. The zero-order chi connectivity index (χ0) is 20.9. The van der Waals surface area contributed by atoms with Crippen molar-refractivity contribution in [1.29, 1.82) is 0 Å². The molecule has 0 bridgehead atoms. The summed E-state index contributed by atoms with van der Waals surface area (Å²) in [6.07, 6.45) is 2.86. The fraction of sp³-hybridized carbons (Fsp3) is 0.458.